The topological polar surface area (TPSA) is 68.9 Å². The van der Waals surface area contributed by atoms with Crippen LogP contribution in [0.5, 0.6) is 0 Å². The van der Waals surface area contributed by atoms with Gasteiger partial charge < -0.3 is 15.1 Å². The third kappa shape index (κ3) is 2.13. The monoisotopic (exact) mass is 234 g/mol. The molecule has 1 unspecified atom stereocenters. The van der Waals surface area contributed by atoms with E-state index in [1.54, 1.807) is 0 Å². The number of imidazole rings is 1. The Morgan fingerprint density at radius 2 is 1.94 bits per heavy atom. The predicted octanol–water partition coefficient (Wildman–Crippen LogP) is 2.33. The fraction of sp³-hybridized carbons (Fsp3) is 0.462. The Morgan fingerprint density at radius 1 is 1.29 bits per heavy atom. The van der Waals surface area contributed by atoms with Crippen molar-refractivity contribution in [2.45, 2.75) is 33.3 Å². The minimum atomic E-state index is -0.532. The van der Waals surface area contributed by atoms with E-state index in [-0.39, 0.29) is 11.1 Å². The number of fused-ring (bicyclic) bond motifs is 1. The number of hydrogen-bond donors (Lipinski definition) is 3. The summed E-state index contributed by atoms with van der Waals surface area (Å²) in [4.78, 5) is 16.5. The molecule has 0 aliphatic carbocycles. The first-order valence-corrected chi connectivity index (χ1v) is 5.84. The first kappa shape index (κ1) is 11.9. The normalized spacial score (nSPS) is 14.1. The maximum atomic E-state index is 11.1. The highest BCUT2D eigenvalue weighted by atomic mass is 16.3. The number of nitrogens with one attached hydrogen (secondary N) is 2. The van der Waals surface area contributed by atoms with Crippen molar-refractivity contribution in [2.24, 2.45) is 5.41 Å². The molecule has 0 spiro atoms. The summed E-state index contributed by atoms with van der Waals surface area (Å²) in [5.41, 5.74) is 1.93. The van der Waals surface area contributed by atoms with Gasteiger partial charge in [0.1, 0.15) is 0 Å². The van der Waals surface area contributed by atoms with Crippen LogP contribution in [0.3, 0.4) is 0 Å². The molecule has 2 rings (SSSR count). The molecule has 92 valence electrons. The number of benzene rings is 1. The highest BCUT2D eigenvalue weighted by molar-refractivity contribution is 5.75. The summed E-state index contributed by atoms with van der Waals surface area (Å²) in [7, 11) is 0. The van der Waals surface area contributed by atoms with Gasteiger partial charge in [0.2, 0.25) is 0 Å². The molecule has 1 aromatic carbocycles. The quantitative estimate of drug-likeness (QED) is 0.762. The fourth-order valence-electron chi connectivity index (χ4n) is 1.86. The number of H-pyrrole nitrogens is 2. The zero-order valence-electron chi connectivity index (χ0n) is 10.4. The number of aliphatic hydroxyl groups excluding tert-OH is 1. The average molecular weight is 234 g/mol. The van der Waals surface area contributed by atoms with E-state index in [9.17, 15) is 9.90 Å². The van der Waals surface area contributed by atoms with Crippen LogP contribution in [0.15, 0.2) is 23.0 Å². The minimum absolute atomic E-state index is 0.176. The van der Waals surface area contributed by atoms with Crippen LogP contribution in [0, 0.1) is 5.41 Å². The lowest BCUT2D eigenvalue weighted by atomic mass is 9.80. The minimum Gasteiger partial charge on any atom is -0.388 e. The van der Waals surface area contributed by atoms with E-state index in [0.717, 1.165) is 23.0 Å². The van der Waals surface area contributed by atoms with Crippen molar-refractivity contribution >= 4 is 11.0 Å². The lowest BCUT2D eigenvalue weighted by Gasteiger charge is -2.29. The molecule has 0 saturated carbocycles. The van der Waals surface area contributed by atoms with Gasteiger partial charge in [-0.3, -0.25) is 0 Å². The molecule has 0 fully saturated rings. The predicted molar refractivity (Wildman–Crippen MR) is 68.0 cm³/mol. The molecule has 1 heterocycles. The molecule has 0 aliphatic rings. The Kier molecular flexibility index (Phi) is 2.83. The molecule has 1 aromatic heterocycles. The van der Waals surface area contributed by atoms with Crippen molar-refractivity contribution in [1.29, 1.82) is 0 Å². The number of aromatic amines is 2. The molecule has 0 saturated heterocycles. The van der Waals surface area contributed by atoms with Crippen molar-refractivity contribution < 1.29 is 5.11 Å². The molecule has 17 heavy (non-hydrogen) atoms. The SMILES string of the molecule is CCC(C)(C)C(O)c1ccc2[nH]c(=O)[nH]c2c1. The Morgan fingerprint density at radius 3 is 2.59 bits per heavy atom. The van der Waals surface area contributed by atoms with Crippen molar-refractivity contribution in [2.75, 3.05) is 0 Å². The summed E-state index contributed by atoms with van der Waals surface area (Å²) in [6, 6.07) is 5.50. The van der Waals surface area contributed by atoms with Gasteiger partial charge in [-0.2, -0.15) is 0 Å². The molecular formula is C13H18N2O2. The summed E-state index contributed by atoms with van der Waals surface area (Å²) in [6.45, 7) is 6.11. The highest BCUT2D eigenvalue weighted by Gasteiger charge is 2.27. The van der Waals surface area contributed by atoms with E-state index in [1.807, 2.05) is 32.0 Å². The van der Waals surface area contributed by atoms with Crippen LogP contribution in [-0.4, -0.2) is 15.1 Å². The van der Waals surface area contributed by atoms with Crippen molar-refractivity contribution in [1.82, 2.24) is 9.97 Å². The van der Waals surface area contributed by atoms with Crippen molar-refractivity contribution in [3.05, 3.63) is 34.2 Å². The number of rotatable bonds is 3. The Labute approximate surface area is 99.7 Å². The molecule has 3 N–H and O–H groups in total. The molecule has 1 atom stereocenters. The van der Waals surface area contributed by atoms with E-state index in [0.29, 0.717) is 0 Å². The maximum Gasteiger partial charge on any atom is 0.323 e. The molecule has 0 amide bonds. The standard InChI is InChI=1S/C13H18N2O2/c1-4-13(2,3)11(16)8-5-6-9-10(7-8)15-12(17)14-9/h5-7,11,16H,4H2,1-3H3,(H2,14,15,17). The van der Waals surface area contributed by atoms with E-state index >= 15 is 0 Å². The molecule has 0 radical (unpaired) electrons. The van der Waals surface area contributed by atoms with E-state index in [2.05, 4.69) is 16.9 Å². The zero-order valence-corrected chi connectivity index (χ0v) is 10.4. The van der Waals surface area contributed by atoms with Crippen LogP contribution in [0.4, 0.5) is 0 Å². The Balaban J connectivity index is 2.45. The van der Waals surface area contributed by atoms with Crippen molar-refractivity contribution in [3.63, 3.8) is 0 Å². The highest BCUT2D eigenvalue weighted by Crippen LogP contribution is 2.36. The second kappa shape index (κ2) is 4.04. The zero-order chi connectivity index (χ0) is 12.6. The average Bonchev–Trinajstić information content (AvgIpc) is 2.66. The summed E-state index contributed by atoms with van der Waals surface area (Å²) >= 11 is 0. The largest absolute Gasteiger partial charge is 0.388 e. The maximum absolute atomic E-state index is 11.1. The number of aliphatic hydroxyl groups is 1. The molecule has 4 heteroatoms. The second-order valence-corrected chi connectivity index (χ2v) is 5.13. The molecule has 2 aromatic rings. The van der Waals surface area contributed by atoms with Gasteiger partial charge in [0.15, 0.2) is 0 Å². The lowest BCUT2D eigenvalue weighted by Crippen LogP contribution is -2.20. The lowest BCUT2D eigenvalue weighted by molar-refractivity contribution is 0.0466. The van der Waals surface area contributed by atoms with Gasteiger partial charge in [0, 0.05) is 0 Å². The van der Waals surface area contributed by atoms with Gasteiger partial charge in [-0.25, -0.2) is 4.79 Å². The molecule has 0 bridgehead atoms. The number of aromatic nitrogens is 2. The van der Waals surface area contributed by atoms with E-state index in [4.69, 9.17) is 0 Å². The third-order valence-electron chi connectivity index (χ3n) is 3.51. The van der Waals surface area contributed by atoms with Crippen LogP contribution >= 0.6 is 0 Å². The van der Waals surface area contributed by atoms with Gasteiger partial charge in [-0.15, -0.1) is 0 Å². The first-order chi connectivity index (χ1) is 7.94. The summed E-state index contributed by atoms with van der Waals surface area (Å²) in [5.74, 6) is 0. The van der Waals surface area contributed by atoms with E-state index < -0.39 is 6.10 Å². The Hall–Kier alpha value is -1.55. The van der Waals surface area contributed by atoms with Gasteiger partial charge in [0.25, 0.3) is 0 Å². The summed E-state index contributed by atoms with van der Waals surface area (Å²) in [6.07, 6.45) is 0.353. The van der Waals surface area contributed by atoms with Gasteiger partial charge in [-0.1, -0.05) is 26.8 Å². The van der Waals surface area contributed by atoms with E-state index in [1.165, 1.54) is 0 Å². The van der Waals surface area contributed by atoms with Crippen LogP contribution in [0.2, 0.25) is 0 Å². The third-order valence-corrected chi connectivity index (χ3v) is 3.51. The second-order valence-electron chi connectivity index (χ2n) is 5.13. The van der Waals surface area contributed by atoms with Gasteiger partial charge in [-0.05, 0) is 29.5 Å². The van der Waals surface area contributed by atoms with Crippen LogP contribution in [-0.2, 0) is 0 Å². The van der Waals surface area contributed by atoms with Gasteiger partial charge >= 0.3 is 5.69 Å². The van der Waals surface area contributed by atoms with Crippen LogP contribution in [0.1, 0.15) is 38.9 Å². The summed E-state index contributed by atoms with van der Waals surface area (Å²) < 4.78 is 0. The molecule has 4 nitrogen and oxygen atoms in total. The smallest absolute Gasteiger partial charge is 0.323 e. The van der Waals surface area contributed by atoms with Crippen LogP contribution in [0.25, 0.3) is 11.0 Å². The Bertz CT molecular complexity index is 580. The van der Waals surface area contributed by atoms with Crippen LogP contribution < -0.4 is 5.69 Å². The number of hydrogen-bond acceptors (Lipinski definition) is 2. The fourth-order valence-corrected chi connectivity index (χ4v) is 1.86. The molecule has 0 aliphatic heterocycles. The first-order valence-electron chi connectivity index (χ1n) is 5.84. The summed E-state index contributed by atoms with van der Waals surface area (Å²) in [5, 5.41) is 10.3. The van der Waals surface area contributed by atoms with Gasteiger partial charge in [0.05, 0.1) is 17.1 Å². The molecular weight excluding hydrogens is 216 g/mol. The van der Waals surface area contributed by atoms with Crippen molar-refractivity contribution in [3.8, 4) is 0 Å².